The van der Waals surface area contributed by atoms with Gasteiger partial charge in [-0.1, -0.05) is 6.07 Å². The van der Waals surface area contributed by atoms with Gasteiger partial charge in [0, 0.05) is 45.5 Å². The van der Waals surface area contributed by atoms with Crippen molar-refractivity contribution in [2.24, 2.45) is 4.99 Å². The van der Waals surface area contributed by atoms with E-state index >= 15 is 0 Å². The number of aliphatic imine (C=N–C) groups is 1. The number of hydrogen-bond donors (Lipinski definition) is 2. The van der Waals surface area contributed by atoms with Crippen LogP contribution in [0.5, 0.6) is 0 Å². The van der Waals surface area contributed by atoms with Gasteiger partial charge in [-0.05, 0) is 55.2 Å². The Hall–Kier alpha value is -2.54. The number of rotatable bonds is 6. The van der Waals surface area contributed by atoms with E-state index in [4.69, 9.17) is 0 Å². The molecule has 0 bridgehead atoms. The molecule has 0 saturated carbocycles. The lowest BCUT2D eigenvalue weighted by molar-refractivity contribution is 0.196. The van der Waals surface area contributed by atoms with Crippen LogP contribution in [0.25, 0.3) is 0 Å². The summed E-state index contributed by atoms with van der Waals surface area (Å²) in [4.78, 5) is 11.0. The molecule has 1 aromatic carbocycles. The summed E-state index contributed by atoms with van der Waals surface area (Å²) < 4.78 is 26.9. The van der Waals surface area contributed by atoms with Crippen molar-refractivity contribution >= 4 is 5.96 Å². The first-order chi connectivity index (χ1) is 13.6. The molecule has 0 unspecified atom stereocenters. The zero-order valence-electron chi connectivity index (χ0n) is 16.2. The highest BCUT2D eigenvalue weighted by Crippen LogP contribution is 2.13. The van der Waals surface area contributed by atoms with E-state index in [1.807, 2.05) is 18.3 Å². The first-order valence-electron chi connectivity index (χ1n) is 9.67. The van der Waals surface area contributed by atoms with Gasteiger partial charge in [-0.25, -0.2) is 8.78 Å². The molecule has 7 heteroatoms. The van der Waals surface area contributed by atoms with Gasteiger partial charge in [-0.15, -0.1) is 0 Å². The van der Waals surface area contributed by atoms with E-state index < -0.39 is 5.82 Å². The van der Waals surface area contributed by atoms with Gasteiger partial charge in [0.2, 0.25) is 0 Å². The summed E-state index contributed by atoms with van der Waals surface area (Å²) in [5, 5.41) is 6.62. The Bertz CT molecular complexity index is 774. The fourth-order valence-corrected chi connectivity index (χ4v) is 3.39. The number of halogens is 2. The van der Waals surface area contributed by atoms with Gasteiger partial charge in [-0.2, -0.15) is 0 Å². The predicted octanol–water partition coefficient (Wildman–Crippen LogP) is 2.73. The Morgan fingerprint density at radius 1 is 1.21 bits per heavy atom. The number of piperidine rings is 1. The molecule has 1 saturated heterocycles. The first-order valence-corrected chi connectivity index (χ1v) is 9.67. The monoisotopic (exact) mass is 387 g/mol. The summed E-state index contributed by atoms with van der Waals surface area (Å²) in [5.41, 5.74) is 1.46. The first kappa shape index (κ1) is 20.2. The summed E-state index contributed by atoms with van der Waals surface area (Å²) >= 11 is 0. The highest BCUT2D eigenvalue weighted by atomic mass is 19.1. The molecule has 1 fully saturated rings. The van der Waals surface area contributed by atoms with Gasteiger partial charge in [-0.3, -0.25) is 14.9 Å². The van der Waals surface area contributed by atoms with Crippen LogP contribution >= 0.6 is 0 Å². The number of likely N-dealkylation sites (tertiary alicyclic amines) is 1. The highest BCUT2D eigenvalue weighted by Gasteiger charge is 2.20. The second-order valence-electron chi connectivity index (χ2n) is 7.00. The summed E-state index contributed by atoms with van der Waals surface area (Å²) in [5.74, 6) is -0.109. The number of hydrogen-bond acceptors (Lipinski definition) is 3. The second-order valence-corrected chi connectivity index (χ2v) is 7.00. The Kier molecular flexibility index (Phi) is 7.31. The minimum absolute atomic E-state index is 0.345. The third-order valence-corrected chi connectivity index (χ3v) is 4.96. The Morgan fingerprint density at radius 3 is 2.75 bits per heavy atom. The molecule has 5 nitrogen and oxygen atoms in total. The molecular weight excluding hydrogens is 360 g/mol. The normalized spacial score (nSPS) is 16.2. The van der Waals surface area contributed by atoms with Crippen LogP contribution in [0.2, 0.25) is 0 Å². The predicted molar refractivity (Wildman–Crippen MR) is 107 cm³/mol. The molecule has 2 heterocycles. The van der Waals surface area contributed by atoms with Gasteiger partial charge < -0.3 is 10.6 Å². The minimum Gasteiger partial charge on any atom is -0.356 e. The highest BCUT2D eigenvalue weighted by molar-refractivity contribution is 5.79. The van der Waals surface area contributed by atoms with Crippen LogP contribution in [0.3, 0.4) is 0 Å². The molecule has 1 aromatic heterocycles. The maximum absolute atomic E-state index is 13.7. The van der Waals surface area contributed by atoms with Crippen molar-refractivity contribution in [2.45, 2.75) is 31.8 Å². The van der Waals surface area contributed by atoms with Crippen LogP contribution in [0.4, 0.5) is 8.78 Å². The third kappa shape index (κ3) is 5.99. The van der Waals surface area contributed by atoms with Crippen LogP contribution in [0, 0.1) is 11.6 Å². The maximum atomic E-state index is 13.7. The number of nitrogens with zero attached hydrogens (tertiary/aromatic N) is 3. The number of pyridine rings is 1. The average molecular weight is 387 g/mol. The fourth-order valence-electron chi connectivity index (χ4n) is 3.39. The lowest BCUT2D eigenvalue weighted by atomic mass is 10.0. The molecule has 0 aliphatic carbocycles. The Morgan fingerprint density at radius 2 is 2.04 bits per heavy atom. The van der Waals surface area contributed by atoms with Crippen molar-refractivity contribution in [2.75, 3.05) is 26.7 Å². The second kappa shape index (κ2) is 10.1. The zero-order valence-corrected chi connectivity index (χ0v) is 16.2. The van der Waals surface area contributed by atoms with Crippen LogP contribution in [-0.4, -0.2) is 48.6 Å². The third-order valence-electron chi connectivity index (χ3n) is 4.96. The fraction of sp³-hybridized carbons (Fsp3) is 0.429. The molecule has 0 amide bonds. The lowest BCUT2D eigenvalue weighted by Gasteiger charge is -2.32. The van der Waals surface area contributed by atoms with Gasteiger partial charge in [0.1, 0.15) is 11.6 Å². The average Bonchev–Trinajstić information content (AvgIpc) is 2.72. The molecule has 150 valence electrons. The van der Waals surface area contributed by atoms with E-state index in [2.05, 4.69) is 31.6 Å². The van der Waals surface area contributed by atoms with E-state index in [1.54, 1.807) is 7.05 Å². The molecule has 2 N–H and O–H groups in total. The molecule has 2 aromatic rings. The van der Waals surface area contributed by atoms with E-state index in [1.165, 1.54) is 6.07 Å². The van der Waals surface area contributed by atoms with Crippen molar-refractivity contribution < 1.29 is 8.78 Å². The lowest BCUT2D eigenvalue weighted by Crippen LogP contribution is -2.48. The van der Waals surface area contributed by atoms with Crippen LogP contribution in [0.1, 0.15) is 24.1 Å². The van der Waals surface area contributed by atoms with Crippen LogP contribution in [-0.2, 0) is 13.0 Å². The van der Waals surface area contributed by atoms with Crippen molar-refractivity contribution in [1.82, 2.24) is 20.5 Å². The van der Waals surface area contributed by atoms with Crippen molar-refractivity contribution in [3.05, 3.63) is 65.5 Å². The molecule has 1 aliphatic heterocycles. The maximum Gasteiger partial charge on any atom is 0.191 e. The van der Waals surface area contributed by atoms with E-state index in [9.17, 15) is 8.78 Å². The van der Waals surface area contributed by atoms with E-state index in [0.717, 1.165) is 50.3 Å². The Labute approximate surface area is 164 Å². The van der Waals surface area contributed by atoms with Crippen LogP contribution < -0.4 is 10.6 Å². The zero-order chi connectivity index (χ0) is 19.8. The molecule has 3 rings (SSSR count). The Balaban J connectivity index is 1.40. The summed E-state index contributed by atoms with van der Waals surface area (Å²) in [6.07, 6.45) is 4.26. The number of guanidine groups is 1. The van der Waals surface area contributed by atoms with Gasteiger partial charge >= 0.3 is 0 Å². The molecule has 0 atom stereocenters. The number of nitrogens with one attached hydrogen (secondary N) is 2. The van der Waals surface area contributed by atoms with Crippen molar-refractivity contribution in [1.29, 1.82) is 0 Å². The van der Waals surface area contributed by atoms with E-state index in [0.29, 0.717) is 30.5 Å². The van der Waals surface area contributed by atoms with Crippen molar-refractivity contribution in [3.8, 4) is 0 Å². The summed E-state index contributed by atoms with van der Waals surface area (Å²) in [7, 11) is 1.72. The minimum atomic E-state index is -0.420. The standard InChI is InChI=1S/C21H27F2N5/c1-24-21(26-11-7-16-14-17(22)5-6-20(16)23)27-18-8-12-28(13-9-18)15-19-4-2-3-10-25-19/h2-6,10,14,18H,7-9,11-13,15H2,1H3,(H2,24,26,27). The summed E-state index contributed by atoms with van der Waals surface area (Å²) in [6, 6.07) is 9.88. The molecule has 0 spiro atoms. The molecular formula is C21H27F2N5. The smallest absolute Gasteiger partial charge is 0.191 e. The topological polar surface area (TPSA) is 52.6 Å². The molecule has 1 aliphatic rings. The number of aromatic nitrogens is 1. The molecule has 28 heavy (non-hydrogen) atoms. The van der Waals surface area contributed by atoms with Crippen molar-refractivity contribution in [3.63, 3.8) is 0 Å². The number of benzene rings is 1. The molecule has 0 radical (unpaired) electrons. The SMILES string of the molecule is CN=C(NCCc1cc(F)ccc1F)NC1CCN(Cc2ccccn2)CC1. The quantitative estimate of drug-likeness (QED) is 0.591. The largest absolute Gasteiger partial charge is 0.356 e. The van der Waals surface area contributed by atoms with Crippen LogP contribution in [0.15, 0.2) is 47.6 Å². The van der Waals surface area contributed by atoms with Gasteiger partial charge in [0.25, 0.3) is 0 Å². The van der Waals surface area contributed by atoms with Gasteiger partial charge in [0.15, 0.2) is 5.96 Å². The van der Waals surface area contributed by atoms with Gasteiger partial charge in [0.05, 0.1) is 5.69 Å². The van der Waals surface area contributed by atoms with E-state index in [-0.39, 0.29) is 5.82 Å². The summed E-state index contributed by atoms with van der Waals surface area (Å²) in [6.45, 7) is 3.36.